The highest BCUT2D eigenvalue weighted by Crippen LogP contribution is 2.33. The molecule has 0 spiro atoms. The van der Waals surface area contributed by atoms with Crippen LogP contribution in [0, 0.1) is 5.82 Å². The van der Waals surface area contributed by atoms with Gasteiger partial charge < -0.3 is 24.1 Å². The zero-order valence-corrected chi connectivity index (χ0v) is 19.7. The first-order chi connectivity index (χ1) is 17.4. The number of carbonyl (C=O) groups excluding carboxylic acids is 1. The minimum atomic E-state index is -0.685. The summed E-state index contributed by atoms with van der Waals surface area (Å²) in [5.41, 5.74) is 1.97. The van der Waals surface area contributed by atoms with E-state index in [2.05, 4.69) is 15.3 Å². The summed E-state index contributed by atoms with van der Waals surface area (Å²) in [5, 5.41) is 3.76. The van der Waals surface area contributed by atoms with Crippen LogP contribution < -0.4 is 20.6 Å². The molecule has 4 aromatic rings. The number of rotatable bonds is 6. The smallest absolute Gasteiger partial charge is 0.349 e. The quantitative estimate of drug-likeness (QED) is 0.315. The number of aromatic nitrogens is 2. The molecule has 0 bridgehead atoms. The van der Waals surface area contributed by atoms with Crippen LogP contribution in [-0.2, 0) is 4.74 Å². The van der Waals surface area contributed by atoms with Crippen molar-refractivity contribution in [1.29, 1.82) is 0 Å². The zero-order valence-electron chi connectivity index (χ0n) is 19.7. The van der Waals surface area contributed by atoms with Gasteiger partial charge in [0, 0.05) is 48.1 Å². The second kappa shape index (κ2) is 9.74. The van der Waals surface area contributed by atoms with E-state index in [1.807, 2.05) is 4.90 Å². The van der Waals surface area contributed by atoms with Gasteiger partial charge in [-0.05, 0) is 37.3 Å². The lowest BCUT2D eigenvalue weighted by Crippen LogP contribution is -2.38. The Kier molecular flexibility index (Phi) is 6.34. The molecule has 184 valence electrons. The van der Waals surface area contributed by atoms with E-state index in [1.165, 1.54) is 26.2 Å². The topological polar surface area (TPSA) is 107 Å². The van der Waals surface area contributed by atoms with E-state index < -0.39 is 11.4 Å². The molecule has 5 rings (SSSR count). The molecule has 1 fully saturated rings. The number of nitrogens with one attached hydrogen (secondary N) is 1. The number of morpholine rings is 1. The van der Waals surface area contributed by atoms with Crippen LogP contribution in [0.25, 0.3) is 22.2 Å². The van der Waals surface area contributed by atoms with Gasteiger partial charge in [-0.25, -0.2) is 19.2 Å². The Hall–Kier alpha value is -4.31. The van der Waals surface area contributed by atoms with Gasteiger partial charge in [-0.1, -0.05) is 0 Å². The van der Waals surface area contributed by atoms with E-state index in [-0.39, 0.29) is 17.3 Å². The Balaban J connectivity index is 1.52. The van der Waals surface area contributed by atoms with Crippen molar-refractivity contribution in [2.24, 2.45) is 0 Å². The molecule has 0 atom stereocenters. The summed E-state index contributed by atoms with van der Waals surface area (Å²) in [6, 6.07) is 11.2. The van der Waals surface area contributed by atoms with E-state index in [0.29, 0.717) is 65.7 Å². The van der Waals surface area contributed by atoms with E-state index in [0.717, 1.165) is 0 Å². The molecular formula is C26H23FN4O5. The van der Waals surface area contributed by atoms with Crippen molar-refractivity contribution in [1.82, 2.24) is 9.97 Å². The van der Waals surface area contributed by atoms with Crippen molar-refractivity contribution in [2.75, 3.05) is 43.6 Å². The molecular weight excluding hydrogens is 467 g/mol. The number of ketones is 1. The lowest BCUT2D eigenvalue weighted by molar-refractivity contribution is 0.101. The molecule has 0 amide bonds. The molecule has 10 heteroatoms. The average Bonchev–Trinajstić information content (AvgIpc) is 2.88. The molecule has 3 heterocycles. The van der Waals surface area contributed by atoms with Gasteiger partial charge in [0.25, 0.3) is 0 Å². The monoisotopic (exact) mass is 490 g/mol. The number of methoxy groups -OCH3 is 1. The maximum absolute atomic E-state index is 13.6. The number of hydrogen-bond acceptors (Lipinski definition) is 9. The third kappa shape index (κ3) is 4.50. The summed E-state index contributed by atoms with van der Waals surface area (Å²) in [6.45, 7) is 3.49. The van der Waals surface area contributed by atoms with Gasteiger partial charge in [0.15, 0.2) is 5.78 Å². The minimum Gasteiger partial charge on any atom is -0.496 e. The third-order valence-electron chi connectivity index (χ3n) is 5.91. The van der Waals surface area contributed by atoms with Crippen LogP contribution in [0.15, 0.2) is 57.9 Å². The molecule has 0 radical (unpaired) electrons. The Labute approximate surface area is 205 Å². The standard InChI is InChI=1S/C26H23FN4O5/c1-15(32)23-24(31-9-11-35-12-10-31)19-6-4-17(14-22(19)36-25(23)33)29-26-28-8-7-20(30-26)18-5-3-16(27)13-21(18)34-2/h3-8,13-14H,9-12H2,1-2H3,(H,28,29,30). The van der Waals surface area contributed by atoms with E-state index in [4.69, 9.17) is 13.9 Å². The number of fused-ring (bicyclic) bond motifs is 1. The Morgan fingerprint density at radius 1 is 1.14 bits per heavy atom. The number of benzene rings is 2. The van der Waals surface area contributed by atoms with Crippen LogP contribution in [0.2, 0.25) is 0 Å². The third-order valence-corrected chi connectivity index (χ3v) is 5.91. The number of carbonyl (C=O) groups is 1. The predicted octanol–water partition coefficient (Wildman–Crippen LogP) is 4.18. The van der Waals surface area contributed by atoms with Gasteiger partial charge in [0.2, 0.25) is 5.95 Å². The van der Waals surface area contributed by atoms with Crippen LogP contribution in [-0.4, -0.2) is 49.2 Å². The van der Waals surface area contributed by atoms with E-state index in [9.17, 15) is 14.0 Å². The summed E-state index contributed by atoms with van der Waals surface area (Å²) in [4.78, 5) is 35.8. The fourth-order valence-electron chi connectivity index (χ4n) is 4.26. The summed E-state index contributed by atoms with van der Waals surface area (Å²) >= 11 is 0. The first-order valence-electron chi connectivity index (χ1n) is 11.3. The van der Waals surface area contributed by atoms with Crippen LogP contribution in [0.3, 0.4) is 0 Å². The van der Waals surface area contributed by atoms with Crippen LogP contribution in [0.1, 0.15) is 17.3 Å². The van der Waals surface area contributed by atoms with Gasteiger partial charge in [0.1, 0.15) is 22.7 Å². The summed E-state index contributed by atoms with van der Waals surface area (Å²) in [6.07, 6.45) is 1.57. The largest absolute Gasteiger partial charge is 0.496 e. The number of Topliss-reactive ketones (excluding diaryl/α,β-unsaturated/α-hetero) is 1. The van der Waals surface area contributed by atoms with Crippen molar-refractivity contribution in [3.8, 4) is 17.0 Å². The van der Waals surface area contributed by atoms with Crippen molar-refractivity contribution < 1.29 is 23.1 Å². The van der Waals surface area contributed by atoms with Gasteiger partial charge in [-0.15, -0.1) is 0 Å². The van der Waals surface area contributed by atoms with Gasteiger partial charge in [-0.2, -0.15) is 0 Å². The summed E-state index contributed by atoms with van der Waals surface area (Å²) < 4.78 is 29.9. The molecule has 1 aliphatic heterocycles. The zero-order chi connectivity index (χ0) is 25.2. The Bertz CT molecular complexity index is 1510. The van der Waals surface area contributed by atoms with Crippen LogP contribution in [0.4, 0.5) is 21.7 Å². The number of halogens is 1. The highest BCUT2D eigenvalue weighted by Gasteiger charge is 2.24. The molecule has 0 aliphatic carbocycles. The van der Waals surface area contributed by atoms with Crippen LogP contribution in [0.5, 0.6) is 5.75 Å². The first-order valence-corrected chi connectivity index (χ1v) is 11.3. The second-order valence-electron chi connectivity index (χ2n) is 8.21. The Morgan fingerprint density at radius 3 is 2.69 bits per heavy atom. The molecule has 1 saturated heterocycles. The van der Waals surface area contributed by atoms with Crippen molar-refractivity contribution in [2.45, 2.75) is 6.92 Å². The number of nitrogens with zero attached hydrogens (tertiary/aromatic N) is 3. The van der Waals surface area contributed by atoms with Crippen LogP contribution >= 0.6 is 0 Å². The lowest BCUT2D eigenvalue weighted by atomic mass is 10.1. The van der Waals surface area contributed by atoms with Gasteiger partial charge in [-0.3, -0.25) is 4.79 Å². The van der Waals surface area contributed by atoms with Crippen molar-refractivity contribution in [3.63, 3.8) is 0 Å². The summed E-state index contributed by atoms with van der Waals surface area (Å²) in [7, 11) is 1.46. The van der Waals surface area contributed by atoms with E-state index >= 15 is 0 Å². The van der Waals surface area contributed by atoms with Crippen molar-refractivity contribution >= 4 is 34.1 Å². The summed E-state index contributed by atoms with van der Waals surface area (Å²) in [5.74, 6) is -0.126. The molecule has 2 aromatic carbocycles. The number of ether oxygens (including phenoxy) is 2. The molecule has 36 heavy (non-hydrogen) atoms. The molecule has 0 unspecified atom stereocenters. The number of anilines is 3. The maximum Gasteiger partial charge on any atom is 0.349 e. The fraction of sp³-hybridized carbons (Fsp3) is 0.231. The normalized spacial score (nSPS) is 13.6. The minimum absolute atomic E-state index is 0.0365. The molecule has 2 aromatic heterocycles. The lowest BCUT2D eigenvalue weighted by Gasteiger charge is -2.30. The SMILES string of the molecule is COc1cc(F)ccc1-c1ccnc(Nc2ccc3c(N4CCOCC4)c(C(C)=O)c(=O)oc3c2)n1. The Morgan fingerprint density at radius 2 is 1.94 bits per heavy atom. The second-order valence-corrected chi connectivity index (χ2v) is 8.21. The van der Waals surface area contributed by atoms with Gasteiger partial charge in [0.05, 0.1) is 31.7 Å². The number of hydrogen-bond donors (Lipinski definition) is 1. The molecule has 9 nitrogen and oxygen atoms in total. The highest BCUT2D eigenvalue weighted by atomic mass is 19.1. The van der Waals surface area contributed by atoms with Crippen molar-refractivity contribution in [3.05, 3.63) is 70.5 Å². The molecule has 1 aliphatic rings. The fourth-order valence-corrected chi connectivity index (χ4v) is 4.26. The first kappa shape index (κ1) is 23.4. The van der Waals surface area contributed by atoms with Gasteiger partial charge >= 0.3 is 5.63 Å². The molecule has 0 saturated carbocycles. The predicted molar refractivity (Wildman–Crippen MR) is 133 cm³/mol. The maximum atomic E-state index is 13.6. The molecule has 1 N–H and O–H groups in total. The highest BCUT2D eigenvalue weighted by molar-refractivity contribution is 6.07. The average molecular weight is 490 g/mol. The van der Waals surface area contributed by atoms with E-state index in [1.54, 1.807) is 36.5 Å².